The van der Waals surface area contributed by atoms with Gasteiger partial charge in [0.25, 0.3) is 0 Å². The highest BCUT2D eigenvalue weighted by Crippen LogP contribution is 2.22. The lowest BCUT2D eigenvalue weighted by atomic mass is 10.1. The summed E-state index contributed by atoms with van der Waals surface area (Å²) >= 11 is 0. The molecule has 0 fully saturated rings. The van der Waals surface area contributed by atoms with Crippen LogP contribution in [0, 0.1) is 5.92 Å². The van der Waals surface area contributed by atoms with E-state index in [0.717, 1.165) is 36.7 Å². The van der Waals surface area contributed by atoms with Gasteiger partial charge in [-0.3, -0.25) is 4.79 Å². The van der Waals surface area contributed by atoms with E-state index in [1.54, 1.807) is 0 Å². The number of hydrogen-bond donors (Lipinski definition) is 2. The summed E-state index contributed by atoms with van der Waals surface area (Å²) in [5, 5.41) is 3.25. The Morgan fingerprint density at radius 2 is 2.33 bits per heavy atom. The molecule has 1 aliphatic heterocycles. The zero-order valence-electron chi connectivity index (χ0n) is 9.21. The molecule has 3 N–H and O–H groups in total. The van der Waals surface area contributed by atoms with Gasteiger partial charge in [-0.1, -0.05) is 13.8 Å². The van der Waals surface area contributed by atoms with Crippen molar-refractivity contribution in [3.8, 4) is 0 Å². The van der Waals surface area contributed by atoms with Crippen LogP contribution < -0.4 is 11.1 Å². The number of aromatic nitrogens is 1. The van der Waals surface area contributed by atoms with Gasteiger partial charge in [-0.2, -0.15) is 0 Å². The van der Waals surface area contributed by atoms with Crippen molar-refractivity contribution in [2.75, 3.05) is 12.3 Å². The fraction of sp³-hybridized carbons (Fsp3) is 0.545. The van der Waals surface area contributed by atoms with Crippen LogP contribution in [0.5, 0.6) is 0 Å². The molecule has 0 radical (unpaired) electrons. The van der Waals surface area contributed by atoms with Crippen LogP contribution in [-0.2, 0) is 13.1 Å². The van der Waals surface area contributed by atoms with Crippen molar-refractivity contribution >= 4 is 11.5 Å². The number of nitrogen functional groups attached to an aromatic ring is 1. The van der Waals surface area contributed by atoms with Crippen LogP contribution in [0.15, 0.2) is 6.07 Å². The SMILES string of the molecule is CC(C)C(=O)c1cc(N)c2n1CCNC2. The zero-order valence-corrected chi connectivity index (χ0v) is 9.21. The minimum Gasteiger partial charge on any atom is -0.397 e. The van der Waals surface area contributed by atoms with E-state index in [9.17, 15) is 4.79 Å². The van der Waals surface area contributed by atoms with Crippen molar-refractivity contribution < 1.29 is 4.79 Å². The molecular weight excluding hydrogens is 190 g/mol. The van der Waals surface area contributed by atoms with Gasteiger partial charge in [0.15, 0.2) is 5.78 Å². The topological polar surface area (TPSA) is 60.1 Å². The summed E-state index contributed by atoms with van der Waals surface area (Å²) in [4.78, 5) is 11.9. The Kier molecular flexibility index (Phi) is 2.52. The zero-order chi connectivity index (χ0) is 11.0. The number of Topliss-reactive ketones (excluding diaryl/α,β-unsaturated/α-hetero) is 1. The maximum atomic E-state index is 11.9. The van der Waals surface area contributed by atoms with Gasteiger partial charge in [0.05, 0.1) is 17.1 Å². The number of rotatable bonds is 2. The predicted molar refractivity (Wildman–Crippen MR) is 59.7 cm³/mol. The van der Waals surface area contributed by atoms with Gasteiger partial charge >= 0.3 is 0 Å². The Hall–Kier alpha value is -1.29. The molecule has 2 rings (SSSR count). The molecule has 0 bridgehead atoms. The molecule has 0 amide bonds. The molecule has 4 heteroatoms. The Bertz CT molecular complexity index is 393. The predicted octanol–water partition coefficient (Wildman–Crippen LogP) is 1.01. The molecule has 0 aromatic carbocycles. The fourth-order valence-electron chi connectivity index (χ4n) is 1.96. The molecule has 82 valence electrons. The molecule has 0 unspecified atom stereocenters. The Balaban J connectivity index is 2.44. The number of fused-ring (bicyclic) bond motifs is 1. The Morgan fingerprint density at radius 3 is 3.00 bits per heavy atom. The first-order valence-corrected chi connectivity index (χ1v) is 5.34. The van der Waals surface area contributed by atoms with E-state index in [2.05, 4.69) is 5.32 Å². The lowest BCUT2D eigenvalue weighted by molar-refractivity contribution is 0.0929. The highest BCUT2D eigenvalue weighted by atomic mass is 16.1. The van der Waals surface area contributed by atoms with Crippen LogP contribution in [0.3, 0.4) is 0 Å². The molecule has 2 heterocycles. The van der Waals surface area contributed by atoms with Crippen molar-refractivity contribution in [3.63, 3.8) is 0 Å². The fourth-order valence-corrected chi connectivity index (χ4v) is 1.96. The molecule has 1 aromatic heterocycles. The summed E-state index contributed by atoms with van der Waals surface area (Å²) < 4.78 is 2.05. The molecule has 0 saturated heterocycles. The molecule has 1 aromatic rings. The average molecular weight is 207 g/mol. The first-order chi connectivity index (χ1) is 7.11. The van der Waals surface area contributed by atoms with Crippen LogP contribution >= 0.6 is 0 Å². The maximum absolute atomic E-state index is 11.9. The molecule has 0 spiro atoms. The van der Waals surface area contributed by atoms with Crippen molar-refractivity contribution in [3.05, 3.63) is 17.5 Å². The lowest BCUT2D eigenvalue weighted by Gasteiger charge is -2.19. The normalized spacial score (nSPS) is 15.4. The van der Waals surface area contributed by atoms with E-state index in [-0.39, 0.29) is 11.7 Å². The molecule has 1 aliphatic rings. The van der Waals surface area contributed by atoms with Crippen molar-refractivity contribution in [2.45, 2.75) is 26.9 Å². The Morgan fingerprint density at radius 1 is 1.60 bits per heavy atom. The van der Waals surface area contributed by atoms with Crippen molar-refractivity contribution in [1.82, 2.24) is 9.88 Å². The number of hydrogen-bond acceptors (Lipinski definition) is 3. The third kappa shape index (κ3) is 1.65. The minimum atomic E-state index is 0.0262. The number of carbonyl (C=O) groups excluding carboxylic acids is 1. The molecular formula is C11H17N3O. The summed E-state index contributed by atoms with van der Waals surface area (Å²) in [5.41, 5.74) is 8.42. The second-order valence-corrected chi connectivity index (χ2v) is 4.28. The van der Waals surface area contributed by atoms with E-state index in [0.29, 0.717) is 0 Å². The first kappa shape index (κ1) is 10.2. The minimum absolute atomic E-state index is 0.0262. The maximum Gasteiger partial charge on any atom is 0.181 e. The summed E-state index contributed by atoms with van der Waals surface area (Å²) in [6.07, 6.45) is 0. The monoisotopic (exact) mass is 207 g/mol. The molecule has 0 atom stereocenters. The highest BCUT2D eigenvalue weighted by Gasteiger charge is 2.21. The van der Waals surface area contributed by atoms with E-state index < -0.39 is 0 Å². The number of carbonyl (C=O) groups is 1. The number of ketones is 1. The largest absolute Gasteiger partial charge is 0.397 e. The first-order valence-electron chi connectivity index (χ1n) is 5.34. The highest BCUT2D eigenvalue weighted by molar-refractivity contribution is 5.97. The third-order valence-corrected chi connectivity index (χ3v) is 2.82. The van der Waals surface area contributed by atoms with Gasteiger partial charge < -0.3 is 15.6 Å². The van der Waals surface area contributed by atoms with Crippen LogP contribution in [0.2, 0.25) is 0 Å². The van der Waals surface area contributed by atoms with E-state index in [4.69, 9.17) is 5.73 Å². The van der Waals surface area contributed by atoms with Gasteiger partial charge in [-0.15, -0.1) is 0 Å². The summed E-state index contributed by atoms with van der Waals surface area (Å²) in [7, 11) is 0. The van der Waals surface area contributed by atoms with E-state index in [1.807, 2.05) is 24.5 Å². The van der Waals surface area contributed by atoms with Gasteiger partial charge in [0.1, 0.15) is 0 Å². The number of nitrogens with zero attached hydrogens (tertiary/aromatic N) is 1. The lowest BCUT2D eigenvalue weighted by Crippen LogP contribution is -2.30. The average Bonchev–Trinajstić information content (AvgIpc) is 2.56. The Labute approximate surface area is 89.5 Å². The molecule has 15 heavy (non-hydrogen) atoms. The smallest absolute Gasteiger partial charge is 0.181 e. The van der Waals surface area contributed by atoms with E-state index in [1.165, 1.54) is 0 Å². The summed E-state index contributed by atoms with van der Waals surface area (Å²) in [6.45, 7) is 6.33. The molecule has 0 saturated carbocycles. The van der Waals surface area contributed by atoms with Gasteiger partial charge in [-0.25, -0.2) is 0 Å². The molecule has 0 aliphatic carbocycles. The van der Waals surface area contributed by atoms with Crippen molar-refractivity contribution in [1.29, 1.82) is 0 Å². The summed E-state index contributed by atoms with van der Waals surface area (Å²) in [5.74, 6) is 0.202. The van der Waals surface area contributed by atoms with Crippen molar-refractivity contribution in [2.24, 2.45) is 5.92 Å². The number of anilines is 1. The number of nitrogens with two attached hydrogens (primary N) is 1. The quantitative estimate of drug-likeness (QED) is 0.712. The van der Waals surface area contributed by atoms with Gasteiger partial charge in [0, 0.05) is 25.6 Å². The van der Waals surface area contributed by atoms with Gasteiger partial charge in [0.2, 0.25) is 0 Å². The summed E-state index contributed by atoms with van der Waals surface area (Å²) in [6, 6.07) is 1.81. The number of nitrogens with one attached hydrogen (secondary N) is 1. The van der Waals surface area contributed by atoms with Gasteiger partial charge in [-0.05, 0) is 6.07 Å². The standard InChI is InChI=1S/C11H17N3O/c1-7(2)11(15)9-5-8(12)10-6-13-3-4-14(9)10/h5,7,13H,3-4,6,12H2,1-2H3. The second-order valence-electron chi connectivity index (χ2n) is 4.28. The molecule has 4 nitrogen and oxygen atoms in total. The second kappa shape index (κ2) is 3.70. The van der Waals surface area contributed by atoms with Crippen LogP contribution in [0.25, 0.3) is 0 Å². The van der Waals surface area contributed by atoms with Crippen LogP contribution in [0.4, 0.5) is 5.69 Å². The van der Waals surface area contributed by atoms with Crippen LogP contribution in [0.1, 0.15) is 30.0 Å². The van der Waals surface area contributed by atoms with E-state index >= 15 is 0 Å². The third-order valence-electron chi connectivity index (χ3n) is 2.82. The van der Waals surface area contributed by atoms with Crippen LogP contribution in [-0.4, -0.2) is 16.9 Å².